The molecule has 1 aromatic heterocycles. The fourth-order valence-corrected chi connectivity index (χ4v) is 2.98. The van der Waals surface area contributed by atoms with E-state index in [2.05, 4.69) is 19.8 Å². The lowest BCUT2D eigenvalue weighted by atomic mass is 10.2. The second-order valence-electron chi connectivity index (χ2n) is 5.31. The third kappa shape index (κ3) is 2.53. The first-order chi connectivity index (χ1) is 9.24. The average molecular weight is 260 g/mol. The van der Waals surface area contributed by atoms with Crippen LogP contribution in [0, 0.1) is 5.41 Å². The second kappa shape index (κ2) is 5.13. The molecule has 6 heteroatoms. The van der Waals surface area contributed by atoms with Gasteiger partial charge in [-0.05, 0) is 32.4 Å². The van der Waals surface area contributed by atoms with Gasteiger partial charge in [0, 0.05) is 19.1 Å². The van der Waals surface area contributed by atoms with Gasteiger partial charge in [0.15, 0.2) is 0 Å². The molecule has 0 aliphatic carbocycles. The van der Waals surface area contributed by atoms with Gasteiger partial charge in [-0.2, -0.15) is 0 Å². The van der Waals surface area contributed by atoms with Gasteiger partial charge in [0.1, 0.15) is 17.3 Å². The Labute approximate surface area is 113 Å². The first-order valence-corrected chi connectivity index (χ1v) is 6.89. The van der Waals surface area contributed by atoms with Crippen LogP contribution in [0.4, 0.5) is 5.82 Å². The first kappa shape index (κ1) is 12.3. The molecule has 6 nitrogen and oxygen atoms in total. The number of amidine groups is 1. The van der Waals surface area contributed by atoms with E-state index in [1.54, 1.807) is 12.4 Å². The van der Waals surface area contributed by atoms with Gasteiger partial charge in [-0.25, -0.2) is 9.97 Å². The molecule has 0 aromatic carbocycles. The van der Waals surface area contributed by atoms with Crippen molar-refractivity contribution >= 4 is 11.7 Å². The van der Waals surface area contributed by atoms with Crippen LogP contribution in [-0.2, 0) is 0 Å². The summed E-state index contributed by atoms with van der Waals surface area (Å²) in [5.41, 5.74) is 5.83. The fourth-order valence-electron chi connectivity index (χ4n) is 2.98. The minimum absolute atomic E-state index is 0.0320. The Morgan fingerprint density at radius 2 is 2.00 bits per heavy atom. The predicted molar refractivity (Wildman–Crippen MR) is 74.5 cm³/mol. The van der Waals surface area contributed by atoms with Gasteiger partial charge in [-0.3, -0.25) is 10.3 Å². The lowest BCUT2D eigenvalue weighted by molar-refractivity contribution is 0.260. The fraction of sp³-hybridized carbons (Fsp3) is 0.615. The summed E-state index contributed by atoms with van der Waals surface area (Å²) < 4.78 is 0. The molecule has 3 heterocycles. The van der Waals surface area contributed by atoms with E-state index < -0.39 is 0 Å². The summed E-state index contributed by atoms with van der Waals surface area (Å²) in [5.74, 6) is 0.863. The molecule has 1 aromatic rings. The largest absolute Gasteiger partial charge is 0.382 e. The maximum absolute atomic E-state index is 7.32. The van der Waals surface area contributed by atoms with E-state index >= 15 is 0 Å². The highest BCUT2D eigenvalue weighted by Crippen LogP contribution is 2.23. The van der Waals surface area contributed by atoms with E-state index in [4.69, 9.17) is 11.1 Å². The third-order valence-corrected chi connectivity index (χ3v) is 4.06. The van der Waals surface area contributed by atoms with Gasteiger partial charge < -0.3 is 10.6 Å². The number of nitrogens with zero attached hydrogens (tertiary/aromatic N) is 4. The van der Waals surface area contributed by atoms with Crippen molar-refractivity contribution < 1.29 is 0 Å². The van der Waals surface area contributed by atoms with Gasteiger partial charge in [0.05, 0.1) is 12.4 Å². The zero-order valence-electron chi connectivity index (χ0n) is 11.0. The molecule has 19 heavy (non-hydrogen) atoms. The second-order valence-corrected chi connectivity index (χ2v) is 5.31. The number of anilines is 1. The SMILES string of the molecule is N=C(N)c1cnc(N2CCC(N3CCCC3)C2)cn1. The van der Waals surface area contributed by atoms with E-state index in [9.17, 15) is 0 Å². The van der Waals surface area contributed by atoms with Crippen molar-refractivity contribution in [3.63, 3.8) is 0 Å². The molecule has 102 valence electrons. The van der Waals surface area contributed by atoms with Crippen molar-refractivity contribution in [1.29, 1.82) is 5.41 Å². The van der Waals surface area contributed by atoms with Crippen molar-refractivity contribution in [2.24, 2.45) is 5.73 Å². The molecule has 0 amide bonds. The van der Waals surface area contributed by atoms with Crippen LogP contribution in [0.3, 0.4) is 0 Å². The van der Waals surface area contributed by atoms with Crippen molar-refractivity contribution in [2.45, 2.75) is 25.3 Å². The molecule has 1 unspecified atom stereocenters. The normalized spacial score (nSPS) is 24.0. The Hall–Kier alpha value is -1.69. The number of likely N-dealkylation sites (tertiary alicyclic amines) is 1. The van der Waals surface area contributed by atoms with Gasteiger partial charge in [0.2, 0.25) is 0 Å². The number of aromatic nitrogens is 2. The maximum Gasteiger partial charge on any atom is 0.147 e. The molecule has 0 saturated carbocycles. The quantitative estimate of drug-likeness (QED) is 0.608. The predicted octanol–water partition coefficient (Wildman–Crippen LogP) is 0.435. The van der Waals surface area contributed by atoms with Crippen LogP contribution in [-0.4, -0.2) is 52.9 Å². The Bertz CT molecular complexity index is 451. The van der Waals surface area contributed by atoms with E-state index in [0.717, 1.165) is 18.9 Å². The molecule has 0 radical (unpaired) electrons. The monoisotopic (exact) mass is 260 g/mol. The highest BCUT2D eigenvalue weighted by atomic mass is 15.3. The Kier molecular flexibility index (Phi) is 3.33. The van der Waals surface area contributed by atoms with Crippen LogP contribution in [0.25, 0.3) is 0 Å². The molecule has 3 N–H and O–H groups in total. The van der Waals surface area contributed by atoms with Gasteiger partial charge in [-0.15, -0.1) is 0 Å². The molecule has 2 aliphatic heterocycles. The molecular weight excluding hydrogens is 240 g/mol. The van der Waals surface area contributed by atoms with E-state index in [1.807, 2.05) is 0 Å². The van der Waals surface area contributed by atoms with Gasteiger partial charge in [-0.1, -0.05) is 0 Å². The van der Waals surface area contributed by atoms with Crippen LogP contribution in [0.5, 0.6) is 0 Å². The summed E-state index contributed by atoms with van der Waals surface area (Å²) in [4.78, 5) is 13.4. The lowest BCUT2D eigenvalue weighted by Crippen LogP contribution is -2.35. The first-order valence-electron chi connectivity index (χ1n) is 6.89. The Balaban J connectivity index is 1.65. The van der Waals surface area contributed by atoms with Crippen LogP contribution in [0.1, 0.15) is 25.0 Å². The molecule has 2 fully saturated rings. The smallest absolute Gasteiger partial charge is 0.147 e. The molecule has 2 saturated heterocycles. The zero-order valence-corrected chi connectivity index (χ0v) is 11.0. The number of nitrogens with one attached hydrogen (secondary N) is 1. The number of rotatable bonds is 3. The van der Waals surface area contributed by atoms with Crippen molar-refractivity contribution in [3.05, 3.63) is 18.1 Å². The number of hydrogen-bond donors (Lipinski definition) is 2. The van der Waals surface area contributed by atoms with Crippen molar-refractivity contribution in [1.82, 2.24) is 14.9 Å². The van der Waals surface area contributed by atoms with Crippen LogP contribution < -0.4 is 10.6 Å². The van der Waals surface area contributed by atoms with Crippen LogP contribution in [0.2, 0.25) is 0 Å². The van der Waals surface area contributed by atoms with Gasteiger partial charge in [0.25, 0.3) is 0 Å². The number of hydrogen-bond acceptors (Lipinski definition) is 5. The summed E-state index contributed by atoms with van der Waals surface area (Å²) in [6.45, 7) is 4.56. The van der Waals surface area contributed by atoms with Crippen LogP contribution in [0.15, 0.2) is 12.4 Å². The highest BCUT2D eigenvalue weighted by Gasteiger charge is 2.29. The maximum atomic E-state index is 7.32. The molecule has 3 rings (SSSR count). The van der Waals surface area contributed by atoms with E-state index in [0.29, 0.717) is 11.7 Å². The molecule has 0 bridgehead atoms. The minimum Gasteiger partial charge on any atom is -0.382 e. The topological polar surface area (TPSA) is 82.1 Å². The summed E-state index contributed by atoms with van der Waals surface area (Å²) in [6.07, 6.45) is 7.19. The summed E-state index contributed by atoms with van der Waals surface area (Å²) in [5, 5.41) is 7.32. The molecule has 1 atom stereocenters. The van der Waals surface area contributed by atoms with E-state index in [-0.39, 0.29) is 5.84 Å². The van der Waals surface area contributed by atoms with Crippen molar-refractivity contribution in [2.75, 3.05) is 31.1 Å². The molecule has 2 aliphatic rings. The standard InChI is InChI=1S/C13H20N6/c14-13(15)11-7-17-12(8-16-11)19-6-3-10(9-19)18-4-1-2-5-18/h7-8,10H,1-6,9H2,(H3,14,15). The summed E-state index contributed by atoms with van der Waals surface area (Å²) in [6, 6.07) is 0.664. The average Bonchev–Trinajstić information content (AvgIpc) is 3.10. The van der Waals surface area contributed by atoms with Gasteiger partial charge >= 0.3 is 0 Å². The Morgan fingerprint density at radius 3 is 2.63 bits per heavy atom. The van der Waals surface area contributed by atoms with Crippen molar-refractivity contribution in [3.8, 4) is 0 Å². The third-order valence-electron chi connectivity index (χ3n) is 4.06. The highest BCUT2D eigenvalue weighted by molar-refractivity contribution is 5.92. The van der Waals surface area contributed by atoms with E-state index in [1.165, 1.54) is 32.4 Å². The zero-order chi connectivity index (χ0) is 13.2. The molecular formula is C13H20N6. The lowest BCUT2D eigenvalue weighted by Gasteiger charge is -2.23. The molecule has 0 spiro atoms. The summed E-state index contributed by atoms with van der Waals surface area (Å²) in [7, 11) is 0. The Morgan fingerprint density at radius 1 is 1.21 bits per heavy atom. The summed E-state index contributed by atoms with van der Waals surface area (Å²) >= 11 is 0. The minimum atomic E-state index is -0.0320. The van der Waals surface area contributed by atoms with Crippen LogP contribution >= 0.6 is 0 Å². The number of nitrogen functional groups attached to an aromatic ring is 1. The number of nitrogens with two attached hydrogens (primary N) is 1.